The van der Waals surface area contributed by atoms with Gasteiger partial charge in [0, 0.05) is 12.7 Å². The lowest BCUT2D eigenvalue weighted by Crippen LogP contribution is -2.18. The van der Waals surface area contributed by atoms with Crippen LogP contribution in [-0.4, -0.2) is 15.7 Å². The number of nitrogens with two attached hydrogens (primary N) is 1. The zero-order valence-electron chi connectivity index (χ0n) is 10.4. The van der Waals surface area contributed by atoms with E-state index in [0.717, 1.165) is 0 Å². The number of carbonyl (C=O) groups excluding carboxylic acids is 1. The van der Waals surface area contributed by atoms with Crippen molar-refractivity contribution in [1.82, 2.24) is 9.78 Å². The highest BCUT2D eigenvalue weighted by molar-refractivity contribution is 6.07. The minimum atomic E-state index is -0.584. The first-order valence-corrected chi connectivity index (χ1v) is 5.74. The van der Waals surface area contributed by atoms with Gasteiger partial charge in [0.15, 0.2) is 0 Å². The Kier molecular flexibility index (Phi) is 3.76. The molecule has 4 N–H and O–H groups in total. The second-order valence-electron chi connectivity index (χ2n) is 3.85. The van der Waals surface area contributed by atoms with E-state index in [1.165, 1.54) is 24.4 Å². The van der Waals surface area contributed by atoms with Gasteiger partial charge in [-0.15, -0.1) is 0 Å². The number of hydrazine groups is 1. The molecule has 0 radical (unpaired) electrons. The normalized spacial score (nSPS) is 10.3. The molecule has 100 valence electrons. The van der Waals surface area contributed by atoms with Gasteiger partial charge in [0.05, 0.1) is 23.1 Å². The third-order valence-electron chi connectivity index (χ3n) is 2.62. The highest BCUT2D eigenvalue weighted by Crippen LogP contribution is 2.20. The number of halogens is 1. The summed E-state index contributed by atoms with van der Waals surface area (Å²) in [5.74, 6) is 4.18. The molecule has 1 aromatic heterocycles. The average Bonchev–Trinajstić information content (AvgIpc) is 2.86. The van der Waals surface area contributed by atoms with Crippen molar-refractivity contribution in [3.05, 3.63) is 42.0 Å². The van der Waals surface area contributed by atoms with Crippen molar-refractivity contribution in [2.75, 3.05) is 10.7 Å². The number of hydrogen-bond acceptors (Lipinski definition) is 4. The number of rotatable bonds is 4. The van der Waals surface area contributed by atoms with Crippen LogP contribution >= 0.6 is 0 Å². The molecule has 2 rings (SSSR count). The van der Waals surface area contributed by atoms with E-state index < -0.39 is 11.7 Å². The molecule has 7 heteroatoms. The summed E-state index contributed by atoms with van der Waals surface area (Å²) in [5.41, 5.74) is 2.82. The van der Waals surface area contributed by atoms with Gasteiger partial charge in [-0.1, -0.05) is 6.07 Å². The monoisotopic (exact) mass is 263 g/mol. The molecule has 0 aliphatic rings. The van der Waals surface area contributed by atoms with E-state index in [0.29, 0.717) is 12.2 Å². The molecule has 0 saturated carbocycles. The summed E-state index contributed by atoms with van der Waals surface area (Å²) in [6.07, 6.45) is 3.21. The van der Waals surface area contributed by atoms with E-state index in [1.54, 1.807) is 10.9 Å². The number of hydrogen-bond donors (Lipinski definition) is 3. The number of nitrogen functional groups attached to an aromatic ring is 1. The lowest BCUT2D eigenvalue weighted by atomic mass is 10.1. The highest BCUT2D eigenvalue weighted by Gasteiger charge is 2.15. The zero-order valence-corrected chi connectivity index (χ0v) is 10.4. The molecule has 0 aliphatic carbocycles. The van der Waals surface area contributed by atoms with Crippen molar-refractivity contribution < 1.29 is 9.18 Å². The van der Waals surface area contributed by atoms with Crippen LogP contribution in [0.3, 0.4) is 0 Å². The molecular weight excluding hydrogens is 249 g/mol. The minimum Gasteiger partial charge on any atom is -0.321 e. The fourth-order valence-corrected chi connectivity index (χ4v) is 1.66. The van der Waals surface area contributed by atoms with E-state index in [2.05, 4.69) is 15.8 Å². The van der Waals surface area contributed by atoms with Crippen molar-refractivity contribution in [1.29, 1.82) is 0 Å². The topological polar surface area (TPSA) is 85.0 Å². The quantitative estimate of drug-likeness (QED) is 0.577. The number of nitrogens with one attached hydrogen (secondary N) is 2. The number of benzene rings is 1. The number of nitrogens with zero attached hydrogens (tertiary/aromatic N) is 2. The molecule has 19 heavy (non-hydrogen) atoms. The van der Waals surface area contributed by atoms with E-state index in [9.17, 15) is 9.18 Å². The number of amides is 1. The summed E-state index contributed by atoms with van der Waals surface area (Å²) >= 11 is 0. The second kappa shape index (κ2) is 5.49. The predicted molar refractivity (Wildman–Crippen MR) is 70.1 cm³/mol. The van der Waals surface area contributed by atoms with Crippen LogP contribution in [0, 0.1) is 5.82 Å². The van der Waals surface area contributed by atoms with Crippen LogP contribution in [0.1, 0.15) is 17.3 Å². The number of aromatic nitrogens is 2. The maximum absolute atomic E-state index is 13.5. The second-order valence-corrected chi connectivity index (χ2v) is 3.85. The fourth-order valence-electron chi connectivity index (χ4n) is 1.66. The maximum Gasteiger partial charge on any atom is 0.258 e. The van der Waals surface area contributed by atoms with Crippen LogP contribution in [0.25, 0.3) is 0 Å². The van der Waals surface area contributed by atoms with Crippen molar-refractivity contribution in [2.24, 2.45) is 5.84 Å². The Morgan fingerprint density at radius 3 is 2.95 bits per heavy atom. The number of carbonyl (C=O) groups is 1. The lowest BCUT2D eigenvalue weighted by molar-refractivity contribution is 0.102. The van der Waals surface area contributed by atoms with Crippen LogP contribution < -0.4 is 16.6 Å². The molecule has 0 bridgehead atoms. The molecule has 0 aliphatic heterocycles. The van der Waals surface area contributed by atoms with Gasteiger partial charge < -0.3 is 10.7 Å². The molecule has 1 heterocycles. The molecule has 6 nitrogen and oxygen atoms in total. The number of para-hydroxylation sites is 1. The smallest absolute Gasteiger partial charge is 0.258 e. The molecule has 0 spiro atoms. The highest BCUT2D eigenvalue weighted by atomic mass is 19.1. The van der Waals surface area contributed by atoms with Crippen LogP contribution in [0.15, 0.2) is 30.6 Å². The van der Waals surface area contributed by atoms with Gasteiger partial charge in [-0.05, 0) is 19.1 Å². The molecule has 1 aromatic carbocycles. The molecule has 0 fully saturated rings. The summed E-state index contributed by atoms with van der Waals surface area (Å²) in [7, 11) is 0. The lowest BCUT2D eigenvalue weighted by Gasteiger charge is -2.09. The third kappa shape index (κ3) is 2.71. The van der Waals surface area contributed by atoms with E-state index in [-0.39, 0.29) is 11.3 Å². The van der Waals surface area contributed by atoms with Crippen LogP contribution in [0.5, 0.6) is 0 Å². The van der Waals surface area contributed by atoms with Crippen molar-refractivity contribution in [3.8, 4) is 0 Å². The van der Waals surface area contributed by atoms with Crippen LogP contribution in [0.2, 0.25) is 0 Å². The largest absolute Gasteiger partial charge is 0.321 e. The first-order valence-electron chi connectivity index (χ1n) is 5.74. The summed E-state index contributed by atoms with van der Waals surface area (Å²) in [5, 5.41) is 6.66. The van der Waals surface area contributed by atoms with Gasteiger partial charge in [-0.2, -0.15) is 5.10 Å². The summed E-state index contributed by atoms with van der Waals surface area (Å²) in [4.78, 5) is 12.0. The Morgan fingerprint density at radius 1 is 1.53 bits per heavy atom. The minimum absolute atomic E-state index is 0.0390. The van der Waals surface area contributed by atoms with Crippen LogP contribution in [0.4, 0.5) is 15.8 Å². The predicted octanol–water partition coefficient (Wildman–Crippen LogP) is 1.58. The molecular formula is C12H14FN5O. The van der Waals surface area contributed by atoms with Gasteiger partial charge in [-0.25, -0.2) is 4.39 Å². The summed E-state index contributed by atoms with van der Waals surface area (Å²) in [6.45, 7) is 2.63. The standard InChI is InChI=1S/C12H14FN5O/c1-2-18-7-8(6-15-18)16-12(19)9-4-3-5-10(13)11(9)17-14/h3-7,17H,2,14H2,1H3,(H,16,19). The van der Waals surface area contributed by atoms with Gasteiger partial charge in [0.25, 0.3) is 5.91 Å². The van der Waals surface area contributed by atoms with Gasteiger partial charge >= 0.3 is 0 Å². The Labute approximate surface area is 109 Å². The van der Waals surface area contributed by atoms with Crippen molar-refractivity contribution >= 4 is 17.3 Å². The first-order chi connectivity index (χ1) is 9.15. The van der Waals surface area contributed by atoms with Gasteiger partial charge in [-0.3, -0.25) is 15.3 Å². The fraction of sp³-hybridized carbons (Fsp3) is 0.167. The first kappa shape index (κ1) is 13.0. The zero-order chi connectivity index (χ0) is 13.8. The molecule has 2 aromatic rings. The Bertz CT molecular complexity index is 596. The summed E-state index contributed by atoms with van der Waals surface area (Å²) < 4.78 is 15.1. The van der Waals surface area contributed by atoms with Gasteiger partial charge in [0.2, 0.25) is 0 Å². The Hall–Kier alpha value is -2.41. The maximum atomic E-state index is 13.5. The van der Waals surface area contributed by atoms with Crippen molar-refractivity contribution in [2.45, 2.75) is 13.5 Å². The SMILES string of the molecule is CCn1cc(NC(=O)c2cccc(F)c2NN)cn1. The third-order valence-corrected chi connectivity index (χ3v) is 2.62. The van der Waals surface area contributed by atoms with Crippen LogP contribution in [-0.2, 0) is 6.54 Å². The van der Waals surface area contributed by atoms with E-state index >= 15 is 0 Å². The molecule has 0 unspecified atom stereocenters. The van der Waals surface area contributed by atoms with E-state index in [1.807, 2.05) is 6.92 Å². The molecule has 1 amide bonds. The average molecular weight is 263 g/mol. The van der Waals surface area contributed by atoms with Crippen molar-refractivity contribution in [3.63, 3.8) is 0 Å². The Balaban J connectivity index is 2.22. The van der Waals surface area contributed by atoms with E-state index in [4.69, 9.17) is 5.84 Å². The molecule has 0 saturated heterocycles. The Morgan fingerprint density at radius 2 is 2.32 bits per heavy atom. The summed E-state index contributed by atoms with van der Waals surface area (Å²) in [6, 6.07) is 4.15. The van der Waals surface area contributed by atoms with Gasteiger partial charge in [0.1, 0.15) is 5.82 Å². The number of anilines is 2. The molecule has 0 atom stereocenters. The number of aryl methyl sites for hydroxylation is 1.